The van der Waals surface area contributed by atoms with Crippen LogP contribution in [0.3, 0.4) is 0 Å². The van der Waals surface area contributed by atoms with Crippen LogP contribution in [0.2, 0.25) is 0 Å². The van der Waals surface area contributed by atoms with E-state index in [-0.39, 0.29) is 5.96 Å². The third-order valence-electron chi connectivity index (χ3n) is 2.37. The van der Waals surface area contributed by atoms with E-state index in [1.807, 2.05) is 27.7 Å². The molecule has 25 heavy (non-hydrogen) atoms. The summed E-state index contributed by atoms with van der Waals surface area (Å²) in [5, 5.41) is 2.60. The maximum Gasteiger partial charge on any atom is 0.417 e. The summed E-state index contributed by atoms with van der Waals surface area (Å²) < 4.78 is 10.7. The number of hydrogen-bond donors (Lipinski definition) is 1. The van der Waals surface area contributed by atoms with Gasteiger partial charge in [0.2, 0.25) is 5.96 Å². The van der Waals surface area contributed by atoms with Crippen molar-refractivity contribution in [2.75, 3.05) is 6.54 Å². The first-order chi connectivity index (χ1) is 11.0. The molecule has 0 atom stereocenters. The fourth-order valence-electron chi connectivity index (χ4n) is 1.69. The summed E-state index contributed by atoms with van der Waals surface area (Å²) in [6, 6.07) is 0. The summed E-state index contributed by atoms with van der Waals surface area (Å²) in [7, 11) is 0. The zero-order valence-electron chi connectivity index (χ0n) is 17.4. The Kier molecular flexibility index (Phi) is 7.93. The molecule has 0 aromatic heterocycles. The molecule has 7 heteroatoms. The number of hydrogen-bond acceptors (Lipinski definition) is 5. The van der Waals surface area contributed by atoms with Crippen molar-refractivity contribution < 1.29 is 19.1 Å². The molecular weight excluding hydrogens is 322 g/mol. The molecule has 0 heterocycles. The average molecular weight is 357 g/mol. The molecule has 0 aromatic rings. The van der Waals surface area contributed by atoms with E-state index in [0.717, 1.165) is 0 Å². The van der Waals surface area contributed by atoms with Gasteiger partial charge in [0.05, 0.1) is 5.54 Å². The van der Waals surface area contributed by atoms with E-state index in [1.165, 1.54) is 4.90 Å². The highest BCUT2D eigenvalue weighted by molar-refractivity contribution is 6.01. The first-order valence-corrected chi connectivity index (χ1v) is 8.64. The second-order valence-corrected chi connectivity index (χ2v) is 8.87. The highest BCUT2D eigenvalue weighted by atomic mass is 16.6. The molecule has 0 aliphatic rings. The van der Waals surface area contributed by atoms with Gasteiger partial charge >= 0.3 is 12.2 Å². The van der Waals surface area contributed by atoms with Gasteiger partial charge in [0.15, 0.2) is 0 Å². The van der Waals surface area contributed by atoms with E-state index in [1.54, 1.807) is 41.5 Å². The number of amides is 2. The zero-order chi connectivity index (χ0) is 20.1. The molecular formula is C18H35N3O4. The number of carbonyl (C=O) groups is 2. The summed E-state index contributed by atoms with van der Waals surface area (Å²) in [5.41, 5.74) is -1.81. The van der Waals surface area contributed by atoms with Crippen LogP contribution in [0.25, 0.3) is 0 Å². The van der Waals surface area contributed by atoms with Crippen molar-refractivity contribution in [2.24, 2.45) is 4.99 Å². The monoisotopic (exact) mass is 357 g/mol. The van der Waals surface area contributed by atoms with Crippen molar-refractivity contribution in [3.8, 4) is 0 Å². The second-order valence-electron chi connectivity index (χ2n) is 8.87. The Morgan fingerprint density at radius 1 is 0.920 bits per heavy atom. The van der Waals surface area contributed by atoms with E-state index in [4.69, 9.17) is 9.47 Å². The molecule has 0 radical (unpaired) electrons. The number of aliphatic imine (C=N–C) groups is 1. The maximum absolute atomic E-state index is 12.6. The molecule has 0 saturated carbocycles. The maximum atomic E-state index is 12.6. The lowest BCUT2D eigenvalue weighted by Crippen LogP contribution is -2.51. The Balaban J connectivity index is 5.63. The molecule has 0 saturated heterocycles. The molecule has 2 amide bonds. The number of rotatable bonds is 2. The summed E-state index contributed by atoms with van der Waals surface area (Å²) in [6.07, 6.45) is -0.549. The number of guanidine groups is 1. The number of nitrogens with one attached hydrogen (secondary N) is 1. The van der Waals surface area contributed by atoms with Crippen LogP contribution in [0.1, 0.15) is 75.7 Å². The Morgan fingerprint density at radius 2 is 1.40 bits per heavy atom. The minimum Gasteiger partial charge on any atom is -0.444 e. The second kappa shape index (κ2) is 8.54. The fraction of sp³-hybridized carbons (Fsp3) is 0.833. The van der Waals surface area contributed by atoms with E-state index in [9.17, 15) is 9.59 Å². The van der Waals surface area contributed by atoms with Crippen LogP contribution >= 0.6 is 0 Å². The van der Waals surface area contributed by atoms with Crippen molar-refractivity contribution in [3.63, 3.8) is 0 Å². The molecule has 0 bridgehead atoms. The van der Waals surface area contributed by atoms with Crippen LogP contribution in [0, 0.1) is 0 Å². The van der Waals surface area contributed by atoms with Crippen molar-refractivity contribution in [3.05, 3.63) is 0 Å². The van der Waals surface area contributed by atoms with E-state index in [2.05, 4.69) is 10.3 Å². The fourth-order valence-corrected chi connectivity index (χ4v) is 1.69. The van der Waals surface area contributed by atoms with Crippen LogP contribution in [-0.2, 0) is 9.47 Å². The number of ether oxygens (including phenoxy) is 2. The number of nitrogens with zero attached hydrogens (tertiary/aromatic N) is 2. The Bertz CT molecular complexity index is 494. The SMILES string of the molecule is CCCN(C(=O)OC(C)(C)C)C(=NC(C)(C)C)NC(=O)OC(C)(C)C. The van der Waals surface area contributed by atoms with Gasteiger partial charge in [-0.05, 0) is 68.7 Å². The zero-order valence-corrected chi connectivity index (χ0v) is 17.4. The van der Waals surface area contributed by atoms with Crippen molar-refractivity contribution in [1.29, 1.82) is 0 Å². The van der Waals surface area contributed by atoms with Gasteiger partial charge in [-0.15, -0.1) is 0 Å². The van der Waals surface area contributed by atoms with Crippen LogP contribution in [0.5, 0.6) is 0 Å². The quantitative estimate of drug-likeness (QED) is 0.590. The van der Waals surface area contributed by atoms with Crippen LogP contribution in [0.15, 0.2) is 4.99 Å². The summed E-state index contributed by atoms with van der Waals surface area (Å²) in [5.74, 6) is 0.123. The highest BCUT2D eigenvalue weighted by Gasteiger charge is 2.29. The Hall–Kier alpha value is -1.79. The molecule has 0 aliphatic heterocycles. The molecule has 0 aromatic carbocycles. The van der Waals surface area contributed by atoms with Crippen molar-refractivity contribution in [1.82, 2.24) is 10.2 Å². The lowest BCUT2D eigenvalue weighted by molar-refractivity contribution is 0.0357. The van der Waals surface area contributed by atoms with Gasteiger partial charge < -0.3 is 9.47 Å². The predicted octanol–water partition coefficient (Wildman–Crippen LogP) is 4.31. The molecule has 1 N–H and O–H groups in total. The highest BCUT2D eigenvalue weighted by Crippen LogP contribution is 2.14. The molecule has 0 fully saturated rings. The van der Waals surface area contributed by atoms with E-state index >= 15 is 0 Å². The standard InChI is InChI=1S/C18H35N3O4/c1-11-12-21(15(23)25-18(8,9)10)13(20-16(2,3)4)19-14(22)24-17(5,6)7/h11-12H2,1-10H3,(H,19,20,22). The lowest BCUT2D eigenvalue weighted by atomic mass is 10.1. The lowest BCUT2D eigenvalue weighted by Gasteiger charge is -2.30. The van der Waals surface area contributed by atoms with Gasteiger partial charge in [-0.2, -0.15) is 0 Å². The summed E-state index contributed by atoms with van der Waals surface area (Å²) in [6.45, 7) is 18.6. The third-order valence-corrected chi connectivity index (χ3v) is 2.37. The Labute approximate surface area is 152 Å². The first-order valence-electron chi connectivity index (χ1n) is 8.64. The van der Waals surface area contributed by atoms with Gasteiger partial charge in [-0.1, -0.05) is 6.92 Å². The number of carbonyl (C=O) groups excluding carboxylic acids is 2. The van der Waals surface area contributed by atoms with Gasteiger partial charge in [-0.3, -0.25) is 5.32 Å². The van der Waals surface area contributed by atoms with Crippen molar-refractivity contribution >= 4 is 18.1 Å². The molecule has 146 valence electrons. The topological polar surface area (TPSA) is 80.2 Å². The van der Waals surface area contributed by atoms with E-state index < -0.39 is 28.9 Å². The molecule has 0 spiro atoms. The Morgan fingerprint density at radius 3 is 1.76 bits per heavy atom. The summed E-state index contributed by atoms with van der Waals surface area (Å²) in [4.78, 5) is 30.6. The first kappa shape index (κ1) is 23.2. The predicted molar refractivity (Wildman–Crippen MR) is 99.8 cm³/mol. The van der Waals surface area contributed by atoms with E-state index in [0.29, 0.717) is 13.0 Å². The summed E-state index contributed by atoms with van der Waals surface area (Å²) >= 11 is 0. The van der Waals surface area contributed by atoms with Crippen molar-refractivity contribution in [2.45, 2.75) is 92.4 Å². The largest absolute Gasteiger partial charge is 0.444 e. The molecule has 0 unspecified atom stereocenters. The van der Waals surface area contributed by atoms with Crippen LogP contribution in [0.4, 0.5) is 9.59 Å². The number of alkyl carbamates (subject to hydrolysis) is 1. The van der Waals surface area contributed by atoms with Gasteiger partial charge in [-0.25, -0.2) is 19.5 Å². The van der Waals surface area contributed by atoms with Crippen LogP contribution < -0.4 is 5.32 Å². The van der Waals surface area contributed by atoms with Crippen LogP contribution in [-0.4, -0.2) is 46.3 Å². The molecule has 0 rings (SSSR count). The molecule has 7 nitrogen and oxygen atoms in total. The minimum atomic E-state index is -0.667. The van der Waals surface area contributed by atoms with Gasteiger partial charge in [0.25, 0.3) is 0 Å². The van der Waals surface area contributed by atoms with Gasteiger partial charge in [0.1, 0.15) is 11.2 Å². The van der Waals surface area contributed by atoms with Gasteiger partial charge in [0, 0.05) is 6.54 Å². The average Bonchev–Trinajstić information content (AvgIpc) is 2.28. The minimum absolute atomic E-state index is 0.123. The molecule has 0 aliphatic carbocycles. The smallest absolute Gasteiger partial charge is 0.417 e. The third kappa shape index (κ3) is 11.4. The normalized spacial score (nSPS) is 13.3.